The van der Waals surface area contributed by atoms with Gasteiger partial charge in [-0.05, 0) is 69.2 Å². The standard InChI is InChI=1S/C31H40F3NO7S2/c1-22(2)14-15-30(3,4)43(37,38)17-10-8-6-5-7-9-16-41-24-13-11-12-23(18-24)25-19-26-27(42-29(25)36)20-35-21-28(26)44(39,40)31(32,33)34/h11-13,18-22H,5-10,14-17H2,1-4H3. The summed E-state index contributed by atoms with van der Waals surface area (Å²) in [7, 11) is -8.90. The van der Waals surface area contributed by atoms with Gasteiger partial charge in [-0.15, -0.1) is 0 Å². The highest BCUT2D eigenvalue weighted by Crippen LogP contribution is 2.35. The monoisotopic (exact) mass is 659 g/mol. The summed E-state index contributed by atoms with van der Waals surface area (Å²) in [6.07, 6.45) is 8.04. The second-order valence-corrected chi connectivity index (χ2v) is 16.6. The highest BCUT2D eigenvalue weighted by atomic mass is 32.2. The molecule has 0 fully saturated rings. The predicted octanol–water partition coefficient (Wildman–Crippen LogP) is 7.50. The average Bonchev–Trinajstić information content (AvgIpc) is 2.94. The molecule has 244 valence electrons. The van der Waals surface area contributed by atoms with Gasteiger partial charge in [0.05, 0.1) is 28.9 Å². The third-order valence-electron chi connectivity index (χ3n) is 7.61. The van der Waals surface area contributed by atoms with Gasteiger partial charge in [0, 0.05) is 11.6 Å². The maximum atomic E-state index is 13.2. The van der Waals surface area contributed by atoms with Crippen LogP contribution in [0.15, 0.2) is 56.8 Å². The molecular weight excluding hydrogens is 619 g/mol. The van der Waals surface area contributed by atoms with Crippen LogP contribution in [0.25, 0.3) is 22.1 Å². The topological polar surface area (TPSA) is 121 Å². The number of hydrogen-bond acceptors (Lipinski definition) is 8. The zero-order valence-corrected chi connectivity index (χ0v) is 27.1. The number of benzene rings is 1. The molecule has 3 aromatic rings. The summed E-state index contributed by atoms with van der Waals surface area (Å²) in [6.45, 7) is 8.20. The van der Waals surface area contributed by atoms with Crippen LogP contribution >= 0.6 is 0 Å². The molecule has 3 rings (SSSR count). The Balaban J connectivity index is 1.53. The first kappa shape index (κ1) is 35.5. The fourth-order valence-electron chi connectivity index (χ4n) is 4.67. The van der Waals surface area contributed by atoms with Crippen LogP contribution in [0.3, 0.4) is 0 Å². The average molecular weight is 660 g/mol. The number of ether oxygens (including phenoxy) is 1. The lowest BCUT2D eigenvalue weighted by Crippen LogP contribution is -2.34. The molecule has 0 aliphatic carbocycles. The van der Waals surface area contributed by atoms with E-state index in [1.807, 2.05) is 13.8 Å². The predicted molar refractivity (Wildman–Crippen MR) is 164 cm³/mol. The van der Waals surface area contributed by atoms with Crippen LogP contribution in [0.2, 0.25) is 0 Å². The van der Waals surface area contributed by atoms with Crippen LogP contribution < -0.4 is 10.4 Å². The lowest BCUT2D eigenvalue weighted by Gasteiger charge is -2.25. The largest absolute Gasteiger partial charge is 0.501 e. The first-order valence-corrected chi connectivity index (χ1v) is 17.8. The number of fused-ring (bicyclic) bond motifs is 1. The van der Waals surface area contributed by atoms with Crippen molar-refractivity contribution in [3.63, 3.8) is 0 Å². The van der Waals surface area contributed by atoms with Gasteiger partial charge in [-0.1, -0.05) is 51.7 Å². The summed E-state index contributed by atoms with van der Waals surface area (Å²) in [5, 5.41) is -0.411. The van der Waals surface area contributed by atoms with Crippen molar-refractivity contribution in [3.05, 3.63) is 53.1 Å². The summed E-state index contributed by atoms with van der Waals surface area (Å²) >= 11 is 0. The zero-order chi connectivity index (χ0) is 32.8. The molecule has 0 atom stereocenters. The number of aromatic nitrogens is 1. The maximum Gasteiger partial charge on any atom is 0.501 e. The molecule has 0 aliphatic rings. The molecule has 1 aromatic carbocycles. The first-order chi connectivity index (χ1) is 20.5. The normalized spacial score (nSPS) is 13.1. The lowest BCUT2D eigenvalue weighted by atomic mass is 10.0. The molecule has 0 N–H and O–H groups in total. The van der Waals surface area contributed by atoms with Crippen LogP contribution in [0.1, 0.15) is 79.1 Å². The van der Waals surface area contributed by atoms with Crippen molar-refractivity contribution < 1.29 is 39.2 Å². The fourth-order valence-corrected chi connectivity index (χ4v) is 7.13. The second-order valence-electron chi connectivity index (χ2n) is 12.0. The van der Waals surface area contributed by atoms with Gasteiger partial charge >= 0.3 is 11.1 Å². The van der Waals surface area contributed by atoms with Gasteiger partial charge in [-0.25, -0.2) is 21.6 Å². The zero-order valence-electron chi connectivity index (χ0n) is 25.4. The molecule has 0 unspecified atom stereocenters. The highest BCUT2D eigenvalue weighted by molar-refractivity contribution is 7.92. The van der Waals surface area contributed by atoms with E-state index in [0.717, 1.165) is 50.8 Å². The van der Waals surface area contributed by atoms with Crippen molar-refractivity contribution in [3.8, 4) is 16.9 Å². The number of hydrogen-bond donors (Lipinski definition) is 0. The quantitative estimate of drug-likeness (QED) is 0.145. The van der Waals surface area contributed by atoms with E-state index in [-0.39, 0.29) is 22.5 Å². The number of rotatable bonds is 16. The van der Waals surface area contributed by atoms with Crippen LogP contribution in [-0.4, -0.2) is 44.4 Å². The molecule has 0 saturated carbocycles. The van der Waals surface area contributed by atoms with E-state index in [2.05, 4.69) is 18.8 Å². The smallest absolute Gasteiger partial charge is 0.494 e. The van der Waals surface area contributed by atoms with E-state index >= 15 is 0 Å². The molecule has 0 aliphatic heterocycles. The Hall–Kier alpha value is -2.93. The Bertz CT molecular complexity index is 1700. The minimum Gasteiger partial charge on any atom is -0.494 e. The molecule has 44 heavy (non-hydrogen) atoms. The van der Waals surface area contributed by atoms with Crippen LogP contribution in [0.5, 0.6) is 5.75 Å². The molecule has 0 radical (unpaired) electrons. The molecule has 0 spiro atoms. The van der Waals surface area contributed by atoms with E-state index in [0.29, 0.717) is 37.3 Å². The van der Waals surface area contributed by atoms with Crippen molar-refractivity contribution in [1.29, 1.82) is 0 Å². The third kappa shape index (κ3) is 8.83. The molecule has 2 heterocycles. The Morgan fingerprint density at radius 2 is 1.59 bits per heavy atom. The van der Waals surface area contributed by atoms with Gasteiger partial charge in [-0.2, -0.15) is 13.2 Å². The van der Waals surface area contributed by atoms with Crippen LogP contribution in [0.4, 0.5) is 13.2 Å². The van der Waals surface area contributed by atoms with Crippen molar-refractivity contribution in [2.75, 3.05) is 12.4 Å². The van der Waals surface area contributed by atoms with E-state index < -0.39 is 45.8 Å². The number of unbranched alkanes of at least 4 members (excludes halogenated alkanes) is 5. The molecule has 0 saturated heterocycles. The fraction of sp³-hybridized carbons (Fsp3) is 0.548. The summed E-state index contributed by atoms with van der Waals surface area (Å²) < 4.78 is 99.6. The molecule has 8 nitrogen and oxygen atoms in total. The van der Waals surface area contributed by atoms with E-state index in [4.69, 9.17) is 9.15 Å². The van der Waals surface area contributed by atoms with Gasteiger partial charge in [-0.3, -0.25) is 4.98 Å². The lowest BCUT2D eigenvalue weighted by molar-refractivity contribution is -0.0435. The second kappa shape index (κ2) is 14.4. The Morgan fingerprint density at radius 3 is 2.25 bits per heavy atom. The molecule has 0 bridgehead atoms. The van der Waals surface area contributed by atoms with Gasteiger partial charge < -0.3 is 9.15 Å². The Labute approximate surface area is 256 Å². The maximum absolute atomic E-state index is 13.2. The van der Waals surface area contributed by atoms with Crippen molar-refractivity contribution in [2.24, 2.45) is 5.92 Å². The number of alkyl halides is 3. The Kier molecular flexibility index (Phi) is 11.7. The summed E-state index contributed by atoms with van der Waals surface area (Å²) in [6, 6.07) is 7.39. The molecule has 2 aromatic heterocycles. The highest BCUT2D eigenvalue weighted by Gasteiger charge is 2.48. The summed E-state index contributed by atoms with van der Waals surface area (Å²) in [5.41, 5.74) is -6.66. The van der Waals surface area contributed by atoms with Gasteiger partial charge in [0.2, 0.25) is 0 Å². The summed E-state index contributed by atoms with van der Waals surface area (Å²) in [5.74, 6) is 1.08. The first-order valence-electron chi connectivity index (χ1n) is 14.6. The van der Waals surface area contributed by atoms with Crippen molar-refractivity contribution >= 4 is 30.6 Å². The number of sulfone groups is 2. The van der Waals surface area contributed by atoms with Crippen molar-refractivity contribution in [2.45, 2.75) is 94.2 Å². The van der Waals surface area contributed by atoms with Gasteiger partial charge in [0.15, 0.2) is 15.4 Å². The van der Waals surface area contributed by atoms with Crippen molar-refractivity contribution in [1.82, 2.24) is 4.98 Å². The van der Waals surface area contributed by atoms with E-state index in [1.165, 1.54) is 12.1 Å². The molecule has 13 heteroatoms. The Morgan fingerprint density at radius 1 is 0.932 bits per heavy atom. The number of nitrogens with zero attached hydrogens (tertiary/aromatic N) is 1. The van der Waals surface area contributed by atoms with E-state index in [1.54, 1.807) is 12.1 Å². The minimum absolute atomic E-state index is 0.127. The van der Waals surface area contributed by atoms with Crippen LogP contribution in [-0.2, 0) is 19.7 Å². The van der Waals surface area contributed by atoms with E-state index in [9.17, 15) is 34.8 Å². The minimum atomic E-state index is -5.74. The SMILES string of the molecule is CC(C)CCC(C)(C)S(=O)(=O)CCCCCCCCOc1cccc(-c2cc3c(S(=O)(=O)C(F)(F)F)cncc3oc2=O)c1. The number of halogens is 3. The van der Waals surface area contributed by atoms with Gasteiger partial charge in [0.25, 0.3) is 9.84 Å². The summed E-state index contributed by atoms with van der Waals surface area (Å²) in [4.78, 5) is 15.0. The van der Waals surface area contributed by atoms with Gasteiger partial charge in [0.1, 0.15) is 10.6 Å². The molecular formula is C31H40F3NO7S2. The molecule has 0 amide bonds. The third-order valence-corrected chi connectivity index (χ3v) is 11.8. The number of pyridine rings is 1. The van der Waals surface area contributed by atoms with Crippen LogP contribution in [0, 0.1) is 5.92 Å².